The SMILES string of the molecule is C[C@@H](NC(=O)c1ccc(OCc2cccc(F)c2)c(F)c1)C(N)=O. The average molecular weight is 334 g/mol. The quantitative estimate of drug-likeness (QED) is 0.849. The van der Waals surface area contributed by atoms with E-state index < -0.39 is 29.5 Å². The first-order valence-electron chi connectivity index (χ1n) is 7.14. The van der Waals surface area contributed by atoms with Crippen molar-refractivity contribution >= 4 is 11.8 Å². The minimum atomic E-state index is -0.871. The summed E-state index contributed by atoms with van der Waals surface area (Å²) in [5.74, 6) is -2.55. The topological polar surface area (TPSA) is 81.4 Å². The summed E-state index contributed by atoms with van der Waals surface area (Å²) in [6, 6.07) is 8.51. The van der Waals surface area contributed by atoms with Crippen LogP contribution in [-0.4, -0.2) is 17.9 Å². The zero-order valence-electron chi connectivity index (χ0n) is 12.9. The highest BCUT2D eigenvalue weighted by molar-refractivity contribution is 5.97. The molecule has 7 heteroatoms. The summed E-state index contributed by atoms with van der Waals surface area (Å²) < 4.78 is 32.4. The van der Waals surface area contributed by atoms with Crippen LogP contribution in [0.25, 0.3) is 0 Å². The maximum absolute atomic E-state index is 14.0. The van der Waals surface area contributed by atoms with Crippen molar-refractivity contribution in [3.63, 3.8) is 0 Å². The Morgan fingerprint density at radius 2 is 1.96 bits per heavy atom. The van der Waals surface area contributed by atoms with E-state index in [9.17, 15) is 18.4 Å². The van der Waals surface area contributed by atoms with Gasteiger partial charge in [-0.1, -0.05) is 12.1 Å². The van der Waals surface area contributed by atoms with Crippen molar-refractivity contribution in [2.24, 2.45) is 5.73 Å². The molecule has 0 saturated heterocycles. The number of carbonyl (C=O) groups is 2. The van der Waals surface area contributed by atoms with Gasteiger partial charge in [-0.15, -0.1) is 0 Å². The lowest BCUT2D eigenvalue weighted by Gasteiger charge is -2.11. The molecule has 24 heavy (non-hydrogen) atoms. The fourth-order valence-corrected chi connectivity index (χ4v) is 1.90. The molecule has 2 aromatic carbocycles. The molecule has 2 amide bonds. The van der Waals surface area contributed by atoms with Crippen LogP contribution in [0.4, 0.5) is 8.78 Å². The van der Waals surface area contributed by atoms with Crippen molar-refractivity contribution in [1.82, 2.24) is 5.32 Å². The van der Waals surface area contributed by atoms with Gasteiger partial charge in [0, 0.05) is 5.56 Å². The maximum Gasteiger partial charge on any atom is 0.252 e. The number of hydrogen-bond donors (Lipinski definition) is 2. The van der Waals surface area contributed by atoms with Crippen molar-refractivity contribution in [2.75, 3.05) is 0 Å². The van der Waals surface area contributed by atoms with E-state index >= 15 is 0 Å². The number of ether oxygens (including phenoxy) is 1. The van der Waals surface area contributed by atoms with Crippen molar-refractivity contribution in [3.05, 3.63) is 65.2 Å². The van der Waals surface area contributed by atoms with Crippen LogP contribution < -0.4 is 15.8 Å². The lowest BCUT2D eigenvalue weighted by Crippen LogP contribution is -2.42. The maximum atomic E-state index is 14.0. The van der Waals surface area contributed by atoms with E-state index in [0.29, 0.717) is 5.56 Å². The third-order valence-corrected chi connectivity index (χ3v) is 3.25. The van der Waals surface area contributed by atoms with Gasteiger partial charge in [0.2, 0.25) is 5.91 Å². The minimum absolute atomic E-state index is 0.0149. The first kappa shape index (κ1) is 17.4. The highest BCUT2D eigenvalue weighted by atomic mass is 19.1. The Kier molecular flexibility index (Phi) is 5.47. The van der Waals surface area contributed by atoms with E-state index in [2.05, 4.69) is 5.32 Å². The lowest BCUT2D eigenvalue weighted by atomic mass is 10.1. The molecule has 3 N–H and O–H groups in total. The number of primary amides is 1. The zero-order valence-corrected chi connectivity index (χ0v) is 12.9. The Morgan fingerprint density at radius 3 is 2.58 bits per heavy atom. The van der Waals surface area contributed by atoms with Gasteiger partial charge >= 0.3 is 0 Å². The lowest BCUT2D eigenvalue weighted by molar-refractivity contribution is -0.119. The number of amides is 2. The molecule has 2 aromatic rings. The molecule has 0 radical (unpaired) electrons. The second-order valence-electron chi connectivity index (χ2n) is 5.16. The van der Waals surface area contributed by atoms with E-state index in [4.69, 9.17) is 10.5 Å². The fourth-order valence-electron chi connectivity index (χ4n) is 1.90. The summed E-state index contributed by atoms with van der Waals surface area (Å²) in [5, 5.41) is 2.34. The predicted octanol–water partition coefficient (Wildman–Crippen LogP) is 2.15. The molecule has 0 heterocycles. The van der Waals surface area contributed by atoms with Gasteiger partial charge in [0.05, 0.1) is 0 Å². The Hall–Kier alpha value is -2.96. The summed E-state index contributed by atoms with van der Waals surface area (Å²) in [6.45, 7) is 1.41. The van der Waals surface area contributed by atoms with Crippen molar-refractivity contribution in [3.8, 4) is 5.75 Å². The van der Waals surface area contributed by atoms with Crippen LogP contribution in [0.3, 0.4) is 0 Å². The number of carbonyl (C=O) groups excluding carboxylic acids is 2. The van der Waals surface area contributed by atoms with Crippen LogP contribution in [0.5, 0.6) is 5.75 Å². The molecule has 0 unspecified atom stereocenters. The Balaban J connectivity index is 2.04. The van der Waals surface area contributed by atoms with Gasteiger partial charge in [0.1, 0.15) is 18.5 Å². The zero-order chi connectivity index (χ0) is 17.7. The van der Waals surface area contributed by atoms with Gasteiger partial charge in [-0.2, -0.15) is 0 Å². The molecule has 2 rings (SSSR count). The molecule has 0 aromatic heterocycles. The van der Waals surface area contributed by atoms with Crippen LogP contribution in [0, 0.1) is 11.6 Å². The van der Waals surface area contributed by atoms with Gasteiger partial charge in [-0.3, -0.25) is 9.59 Å². The summed E-state index contributed by atoms with van der Waals surface area (Å²) in [7, 11) is 0. The molecule has 5 nitrogen and oxygen atoms in total. The molecule has 126 valence electrons. The number of rotatable bonds is 6. The number of halogens is 2. The van der Waals surface area contributed by atoms with Gasteiger partial charge in [-0.25, -0.2) is 8.78 Å². The van der Waals surface area contributed by atoms with Crippen molar-refractivity contribution in [2.45, 2.75) is 19.6 Å². The Morgan fingerprint density at radius 1 is 1.21 bits per heavy atom. The molecule has 0 fully saturated rings. The van der Waals surface area contributed by atoms with Crippen LogP contribution in [0.15, 0.2) is 42.5 Å². The fraction of sp³-hybridized carbons (Fsp3) is 0.176. The number of nitrogens with one attached hydrogen (secondary N) is 1. The monoisotopic (exact) mass is 334 g/mol. The summed E-state index contributed by atoms with van der Waals surface area (Å²) in [5.41, 5.74) is 5.62. The summed E-state index contributed by atoms with van der Waals surface area (Å²) in [4.78, 5) is 22.8. The van der Waals surface area contributed by atoms with Crippen molar-refractivity contribution < 1.29 is 23.1 Å². The Labute approximate surface area is 137 Å². The largest absolute Gasteiger partial charge is 0.486 e. The van der Waals surface area contributed by atoms with Crippen LogP contribution in [0.1, 0.15) is 22.8 Å². The molecule has 0 aliphatic rings. The number of hydrogen-bond acceptors (Lipinski definition) is 3. The molecular formula is C17H16F2N2O3. The average Bonchev–Trinajstić information content (AvgIpc) is 2.53. The van der Waals surface area contributed by atoms with E-state index in [1.807, 2.05) is 0 Å². The van der Waals surface area contributed by atoms with Crippen LogP contribution in [-0.2, 0) is 11.4 Å². The summed E-state index contributed by atoms with van der Waals surface area (Å²) in [6.07, 6.45) is 0. The molecule has 0 spiro atoms. The predicted molar refractivity (Wildman–Crippen MR) is 83.3 cm³/mol. The van der Waals surface area contributed by atoms with Gasteiger partial charge in [0.15, 0.2) is 11.6 Å². The van der Waals surface area contributed by atoms with E-state index in [-0.39, 0.29) is 17.9 Å². The molecule has 1 atom stereocenters. The molecule has 0 aliphatic carbocycles. The van der Waals surface area contributed by atoms with E-state index in [0.717, 1.165) is 6.07 Å². The molecule has 0 aliphatic heterocycles. The van der Waals surface area contributed by atoms with Gasteiger partial charge in [-0.05, 0) is 42.8 Å². The van der Waals surface area contributed by atoms with Gasteiger partial charge in [0.25, 0.3) is 5.91 Å². The van der Waals surface area contributed by atoms with E-state index in [1.54, 1.807) is 6.07 Å². The first-order valence-corrected chi connectivity index (χ1v) is 7.14. The third kappa shape index (κ3) is 4.52. The van der Waals surface area contributed by atoms with Gasteiger partial charge < -0.3 is 15.8 Å². The van der Waals surface area contributed by atoms with E-state index in [1.165, 1.54) is 37.3 Å². The van der Waals surface area contributed by atoms with Crippen LogP contribution in [0.2, 0.25) is 0 Å². The normalized spacial score (nSPS) is 11.6. The summed E-state index contributed by atoms with van der Waals surface area (Å²) >= 11 is 0. The molecule has 0 saturated carbocycles. The minimum Gasteiger partial charge on any atom is -0.486 e. The third-order valence-electron chi connectivity index (χ3n) is 3.25. The first-order chi connectivity index (χ1) is 11.4. The highest BCUT2D eigenvalue weighted by Crippen LogP contribution is 2.20. The smallest absolute Gasteiger partial charge is 0.252 e. The second kappa shape index (κ2) is 7.54. The second-order valence-corrected chi connectivity index (χ2v) is 5.16. The standard InChI is InChI=1S/C17H16F2N2O3/c1-10(16(20)22)21-17(23)12-5-6-15(14(19)8-12)24-9-11-3-2-4-13(18)7-11/h2-8,10H,9H2,1H3,(H2,20,22)(H,21,23)/t10-/m1/s1. The number of benzene rings is 2. The molecule has 0 bridgehead atoms. The number of nitrogens with two attached hydrogens (primary N) is 1. The van der Waals surface area contributed by atoms with Crippen LogP contribution >= 0.6 is 0 Å². The Bertz CT molecular complexity index is 765. The highest BCUT2D eigenvalue weighted by Gasteiger charge is 2.15. The van der Waals surface area contributed by atoms with Crippen molar-refractivity contribution in [1.29, 1.82) is 0 Å². The molecular weight excluding hydrogens is 318 g/mol.